The third-order valence-electron chi connectivity index (χ3n) is 3.24. The van der Waals surface area contributed by atoms with Gasteiger partial charge in [-0.25, -0.2) is 0 Å². The maximum absolute atomic E-state index is 12.1. The van der Waals surface area contributed by atoms with Crippen LogP contribution in [0, 0.1) is 5.21 Å². The molecule has 5 nitrogen and oxygen atoms in total. The van der Waals surface area contributed by atoms with Crippen LogP contribution in [0.5, 0.6) is 11.5 Å². The summed E-state index contributed by atoms with van der Waals surface area (Å²) in [6, 6.07) is 6.53. The second kappa shape index (κ2) is 5.09. The van der Waals surface area contributed by atoms with E-state index in [0.29, 0.717) is 48.2 Å². The first kappa shape index (κ1) is 14.0. The van der Waals surface area contributed by atoms with Crippen LogP contribution in [0.4, 0.5) is 0 Å². The molecule has 0 fully saturated rings. The van der Waals surface area contributed by atoms with Crippen molar-refractivity contribution in [3.05, 3.63) is 39.5 Å². The summed E-state index contributed by atoms with van der Waals surface area (Å²) in [6.07, 6.45) is 0. The lowest BCUT2D eigenvalue weighted by molar-refractivity contribution is -0.639. The van der Waals surface area contributed by atoms with Crippen LogP contribution in [-0.4, -0.2) is 19.3 Å². The van der Waals surface area contributed by atoms with E-state index in [1.54, 1.807) is 24.3 Å². The minimum absolute atomic E-state index is 0.352. The highest BCUT2D eigenvalue weighted by Gasteiger charge is 2.17. The van der Waals surface area contributed by atoms with Crippen LogP contribution in [0.1, 0.15) is 0 Å². The molecule has 0 aliphatic heterocycles. The molecule has 108 valence electrons. The molecule has 0 bridgehead atoms. The van der Waals surface area contributed by atoms with E-state index in [1.165, 1.54) is 14.2 Å². The van der Waals surface area contributed by atoms with Crippen molar-refractivity contribution < 1.29 is 14.3 Å². The number of methoxy groups -OCH3 is 2. The Bertz CT molecular complexity index is 868. The van der Waals surface area contributed by atoms with Gasteiger partial charge in [0.2, 0.25) is 0 Å². The molecule has 0 saturated carbocycles. The van der Waals surface area contributed by atoms with E-state index in [-0.39, 0.29) is 0 Å². The number of ether oxygens (including phenoxy) is 2. The Balaban J connectivity index is 2.47. The van der Waals surface area contributed by atoms with Gasteiger partial charge in [0.15, 0.2) is 0 Å². The van der Waals surface area contributed by atoms with Crippen molar-refractivity contribution in [3.8, 4) is 11.5 Å². The second-order valence-electron chi connectivity index (χ2n) is 4.38. The number of benzene rings is 2. The first-order valence-corrected chi connectivity index (χ1v) is 6.75. The summed E-state index contributed by atoms with van der Waals surface area (Å²) in [5.41, 5.74) is 0.824. The lowest BCUT2D eigenvalue weighted by Crippen LogP contribution is -2.31. The molecule has 0 saturated heterocycles. The zero-order valence-corrected chi connectivity index (χ0v) is 12.7. The predicted octanol–water partition coefficient (Wildman–Crippen LogP) is 3.35. The van der Waals surface area contributed by atoms with E-state index in [4.69, 9.17) is 32.7 Å². The monoisotopic (exact) mass is 324 g/mol. The highest BCUT2D eigenvalue weighted by Crippen LogP contribution is 2.35. The third-order valence-corrected chi connectivity index (χ3v) is 3.83. The SMILES string of the molecule is COc1cc2n[n+]([O-])c3cc(OC)c(Cl)cc3c2cc1Cl. The van der Waals surface area contributed by atoms with Gasteiger partial charge in [0.1, 0.15) is 17.0 Å². The number of halogens is 2. The molecule has 2 aromatic carbocycles. The Morgan fingerprint density at radius 3 is 2.14 bits per heavy atom. The molecule has 7 heteroatoms. The fourth-order valence-electron chi connectivity index (χ4n) is 2.22. The first-order valence-electron chi connectivity index (χ1n) is 5.99. The van der Waals surface area contributed by atoms with Crippen LogP contribution in [-0.2, 0) is 0 Å². The lowest BCUT2D eigenvalue weighted by Gasteiger charge is -2.09. The second-order valence-corrected chi connectivity index (χ2v) is 5.20. The Morgan fingerprint density at radius 1 is 0.952 bits per heavy atom. The Labute approximate surface area is 130 Å². The van der Waals surface area contributed by atoms with Crippen molar-refractivity contribution in [2.45, 2.75) is 0 Å². The van der Waals surface area contributed by atoms with Crippen molar-refractivity contribution >= 4 is 45.0 Å². The summed E-state index contributed by atoms with van der Waals surface area (Å²) in [6.45, 7) is 0. The van der Waals surface area contributed by atoms with E-state index in [0.717, 1.165) is 0 Å². The minimum atomic E-state index is 0.352. The molecule has 3 rings (SSSR count). The highest BCUT2D eigenvalue weighted by molar-refractivity contribution is 6.34. The third kappa shape index (κ3) is 2.18. The average molecular weight is 325 g/mol. The fraction of sp³-hybridized carbons (Fsp3) is 0.143. The minimum Gasteiger partial charge on any atom is -0.594 e. The number of nitrogens with zero attached hydrogens (tertiary/aromatic N) is 2. The van der Waals surface area contributed by atoms with Crippen molar-refractivity contribution in [2.24, 2.45) is 0 Å². The predicted molar refractivity (Wildman–Crippen MR) is 81.3 cm³/mol. The van der Waals surface area contributed by atoms with E-state index >= 15 is 0 Å². The summed E-state index contributed by atoms with van der Waals surface area (Å²) < 4.78 is 10.3. The number of fused-ring (bicyclic) bond motifs is 3. The van der Waals surface area contributed by atoms with Crippen LogP contribution in [0.3, 0.4) is 0 Å². The summed E-state index contributed by atoms with van der Waals surface area (Å²) >= 11 is 12.3. The lowest BCUT2D eigenvalue weighted by atomic mass is 10.1. The summed E-state index contributed by atoms with van der Waals surface area (Å²) in [5.74, 6) is 0.866. The number of hydrogen-bond donors (Lipinski definition) is 0. The van der Waals surface area contributed by atoms with Gasteiger partial charge >= 0.3 is 0 Å². The molecule has 0 spiro atoms. The zero-order valence-electron chi connectivity index (χ0n) is 11.2. The van der Waals surface area contributed by atoms with E-state index in [2.05, 4.69) is 5.10 Å². The molecule has 0 amide bonds. The molecule has 0 unspecified atom stereocenters. The van der Waals surface area contributed by atoms with Crippen molar-refractivity contribution in [1.82, 2.24) is 5.10 Å². The average Bonchev–Trinajstić information content (AvgIpc) is 2.47. The summed E-state index contributed by atoms with van der Waals surface area (Å²) in [7, 11) is 2.99. The molecule has 0 aliphatic rings. The van der Waals surface area contributed by atoms with Crippen LogP contribution in [0.2, 0.25) is 10.0 Å². The fourth-order valence-corrected chi connectivity index (χ4v) is 2.70. The van der Waals surface area contributed by atoms with Gasteiger partial charge in [-0.1, -0.05) is 23.2 Å². The van der Waals surface area contributed by atoms with E-state index in [1.807, 2.05) is 0 Å². The van der Waals surface area contributed by atoms with Crippen LogP contribution in [0.25, 0.3) is 21.8 Å². The van der Waals surface area contributed by atoms with E-state index in [9.17, 15) is 5.21 Å². The molecule has 0 aliphatic carbocycles. The standard InChI is InChI=1S/C14H10Cl2N2O3/c1-20-13-5-11-7(3-9(13)15)8-4-10(16)14(21-2)6-12(8)18(19)17-11/h3-6H,1-2H3. The van der Waals surface area contributed by atoms with Crippen molar-refractivity contribution in [2.75, 3.05) is 14.2 Å². The molecule has 3 aromatic rings. The van der Waals surface area contributed by atoms with Crippen LogP contribution < -0.4 is 14.3 Å². The Hall–Kier alpha value is -1.98. The van der Waals surface area contributed by atoms with Crippen molar-refractivity contribution in [1.29, 1.82) is 0 Å². The zero-order chi connectivity index (χ0) is 15.1. The van der Waals surface area contributed by atoms with Crippen LogP contribution >= 0.6 is 23.2 Å². The van der Waals surface area contributed by atoms with Crippen molar-refractivity contribution in [3.63, 3.8) is 0 Å². The normalized spacial score (nSPS) is 11.0. The van der Waals surface area contributed by atoms with Crippen LogP contribution in [0.15, 0.2) is 24.3 Å². The first-order chi connectivity index (χ1) is 10.0. The number of rotatable bonds is 2. The molecule has 0 N–H and O–H groups in total. The van der Waals surface area contributed by atoms with Gasteiger partial charge in [-0.2, -0.15) is 0 Å². The maximum Gasteiger partial charge on any atom is 0.256 e. The Morgan fingerprint density at radius 2 is 1.52 bits per heavy atom. The largest absolute Gasteiger partial charge is 0.594 e. The van der Waals surface area contributed by atoms with Gasteiger partial charge in [0, 0.05) is 16.6 Å². The van der Waals surface area contributed by atoms with E-state index < -0.39 is 0 Å². The smallest absolute Gasteiger partial charge is 0.256 e. The van der Waals surface area contributed by atoms with Gasteiger partial charge in [-0.05, 0) is 17.0 Å². The molecule has 21 heavy (non-hydrogen) atoms. The van der Waals surface area contributed by atoms with Gasteiger partial charge < -0.3 is 14.7 Å². The summed E-state index contributed by atoms with van der Waals surface area (Å²) in [4.78, 5) is 0.532. The van der Waals surface area contributed by atoms with Gasteiger partial charge in [0.25, 0.3) is 5.52 Å². The molecule has 0 atom stereocenters. The van der Waals surface area contributed by atoms with Gasteiger partial charge in [-0.3, -0.25) is 0 Å². The van der Waals surface area contributed by atoms with Gasteiger partial charge in [0.05, 0.1) is 35.7 Å². The number of hydrogen-bond acceptors (Lipinski definition) is 4. The van der Waals surface area contributed by atoms with Gasteiger partial charge in [-0.15, -0.1) is 0 Å². The molecular weight excluding hydrogens is 315 g/mol. The summed E-state index contributed by atoms with van der Waals surface area (Å²) in [5, 5.41) is 18.3. The molecule has 0 radical (unpaired) electrons. The number of aromatic nitrogens is 2. The molecular formula is C14H10Cl2N2O3. The Kier molecular flexibility index (Phi) is 3.39. The maximum atomic E-state index is 12.1. The topological polar surface area (TPSA) is 58.3 Å². The quantitative estimate of drug-likeness (QED) is 0.412. The highest BCUT2D eigenvalue weighted by atomic mass is 35.5. The molecule has 1 heterocycles. The molecule has 1 aromatic heterocycles.